The van der Waals surface area contributed by atoms with E-state index in [1.54, 1.807) is 11.9 Å². The van der Waals surface area contributed by atoms with E-state index in [-0.39, 0.29) is 18.4 Å². The van der Waals surface area contributed by atoms with Crippen molar-refractivity contribution in [3.05, 3.63) is 59.1 Å². The number of halogens is 1. The van der Waals surface area contributed by atoms with Gasteiger partial charge in [0.05, 0.1) is 25.2 Å². The molecule has 2 amide bonds. The lowest BCUT2D eigenvalue weighted by molar-refractivity contribution is -0.138. The number of nitrogens with one attached hydrogen (secondary N) is 1. The lowest BCUT2D eigenvalue weighted by atomic mass is 9.77. The van der Waals surface area contributed by atoms with E-state index in [1.165, 1.54) is 0 Å². The summed E-state index contributed by atoms with van der Waals surface area (Å²) in [6.45, 7) is 3.21. The molecule has 0 bridgehead atoms. The highest BCUT2D eigenvalue weighted by molar-refractivity contribution is 6.30. The SMILES string of the molecule is CN(CC(=O)Nc1ccc(N2CCOCC2)cc1)C(=O)C1(c2cccc(Cl)c2)CCCC1. The van der Waals surface area contributed by atoms with E-state index in [9.17, 15) is 9.59 Å². The van der Waals surface area contributed by atoms with Crippen LogP contribution in [0.15, 0.2) is 48.5 Å². The van der Waals surface area contributed by atoms with E-state index in [0.717, 1.165) is 68.9 Å². The molecule has 0 aromatic heterocycles. The Kier molecular flexibility index (Phi) is 7.01. The number of amides is 2. The van der Waals surface area contributed by atoms with Crippen LogP contribution in [-0.4, -0.2) is 56.6 Å². The molecule has 170 valence electrons. The molecule has 0 spiro atoms. The minimum atomic E-state index is -0.597. The third kappa shape index (κ3) is 4.92. The number of nitrogens with zero attached hydrogens (tertiary/aromatic N) is 2. The maximum absolute atomic E-state index is 13.5. The molecule has 32 heavy (non-hydrogen) atoms. The summed E-state index contributed by atoms with van der Waals surface area (Å²) in [7, 11) is 1.70. The zero-order valence-corrected chi connectivity index (χ0v) is 19.2. The number of ether oxygens (including phenoxy) is 1. The second kappa shape index (κ2) is 9.92. The van der Waals surface area contributed by atoms with Crippen molar-refractivity contribution in [1.29, 1.82) is 0 Å². The standard InChI is InChI=1S/C25H30ClN3O3/c1-28(24(31)25(11-2-3-12-25)19-5-4-6-20(26)17-19)18-23(30)27-21-7-9-22(10-8-21)29-13-15-32-16-14-29/h4-10,17H,2-3,11-16,18H2,1H3,(H,27,30). The molecular weight excluding hydrogens is 426 g/mol. The van der Waals surface area contributed by atoms with Crippen molar-refractivity contribution in [2.24, 2.45) is 0 Å². The minimum Gasteiger partial charge on any atom is -0.378 e. The van der Waals surface area contributed by atoms with Crippen LogP contribution in [0.25, 0.3) is 0 Å². The molecule has 4 rings (SSSR count). The Labute approximate surface area is 194 Å². The third-order valence-electron chi connectivity index (χ3n) is 6.50. The van der Waals surface area contributed by atoms with Gasteiger partial charge in [-0.3, -0.25) is 9.59 Å². The van der Waals surface area contributed by atoms with Crippen LogP contribution in [0.5, 0.6) is 0 Å². The Balaban J connectivity index is 1.39. The number of carbonyl (C=O) groups is 2. The zero-order chi connectivity index (χ0) is 22.6. The molecule has 1 saturated heterocycles. The van der Waals surface area contributed by atoms with Gasteiger partial charge in [-0.1, -0.05) is 36.6 Å². The van der Waals surface area contributed by atoms with Crippen LogP contribution in [0.2, 0.25) is 5.02 Å². The monoisotopic (exact) mass is 455 g/mol. The van der Waals surface area contributed by atoms with E-state index >= 15 is 0 Å². The second-order valence-electron chi connectivity index (χ2n) is 8.66. The highest BCUT2D eigenvalue weighted by Gasteiger charge is 2.44. The van der Waals surface area contributed by atoms with E-state index in [0.29, 0.717) is 5.02 Å². The van der Waals surface area contributed by atoms with Crippen LogP contribution in [0.1, 0.15) is 31.2 Å². The Morgan fingerprint density at radius 2 is 1.78 bits per heavy atom. The summed E-state index contributed by atoms with van der Waals surface area (Å²) in [6, 6.07) is 15.4. The quantitative estimate of drug-likeness (QED) is 0.712. The summed E-state index contributed by atoms with van der Waals surface area (Å²) in [5, 5.41) is 3.54. The number of hydrogen-bond acceptors (Lipinski definition) is 4. The molecule has 1 aliphatic heterocycles. The molecule has 7 heteroatoms. The van der Waals surface area contributed by atoms with Gasteiger partial charge in [0.25, 0.3) is 0 Å². The molecule has 0 atom stereocenters. The number of benzene rings is 2. The van der Waals surface area contributed by atoms with E-state index in [1.807, 2.05) is 48.5 Å². The summed E-state index contributed by atoms with van der Waals surface area (Å²) >= 11 is 6.21. The van der Waals surface area contributed by atoms with Crippen molar-refractivity contribution >= 4 is 34.8 Å². The summed E-state index contributed by atoms with van der Waals surface area (Å²) in [5.74, 6) is -0.228. The van der Waals surface area contributed by atoms with Gasteiger partial charge in [-0.25, -0.2) is 0 Å². The van der Waals surface area contributed by atoms with Crippen molar-refractivity contribution in [3.8, 4) is 0 Å². The normalized spacial score (nSPS) is 17.8. The first-order valence-corrected chi connectivity index (χ1v) is 11.6. The molecule has 1 aliphatic carbocycles. The van der Waals surface area contributed by atoms with Gasteiger partial charge in [-0.2, -0.15) is 0 Å². The molecule has 6 nitrogen and oxygen atoms in total. The maximum Gasteiger partial charge on any atom is 0.243 e. The highest BCUT2D eigenvalue weighted by Crippen LogP contribution is 2.43. The molecule has 1 heterocycles. The lowest BCUT2D eigenvalue weighted by Gasteiger charge is -2.33. The van der Waals surface area contributed by atoms with Gasteiger partial charge in [-0.05, 0) is 54.8 Å². The summed E-state index contributed by atoms with van der Waals surface area (Å²) in [4.78, 5) is 30.0. The van der Waals surface area contributed by atoms with Crippen LogP contribution in [0.4, 0.5) is 11.4 Å². The molecule has 0 unspecified atom stereocenters. The Bertz CT molecular complexity index is 951. The van der Waals surface area contributed by atoms with Crippen LogP contribution in [0, 0.1) is 0 Å². The van der Waals surface area contributed by atoms with Gasteiger partial charge >= 0.3 is 0 Å². The Morgan fingerprint density at radius 3 is 2.44 bits per heavy atom. The number of anilines is 2. The third-order valence-corrected chi connectivity index (χ3v) is 6.73. The summed E-state index contributed by atoms with van der Waals surface area (Å²) in [6.07, 6.45) is 3.55. The van der Waals surface area contributed by atoms with Gasteiger partial charge in [0.15, 0.2) is 0 Å². The smallest absolute Gasteiger partial charge is 0.243 e. The van der Waals surface area contributed by atoms with Gasteiger partial charge in [-0.15, -0.1) is 0 Å². The van der Waals surface area contributed by atoms with Crippen molar-refractivity contribution in [2.75, 3.05) is 50.1 Å². The Morgan fingerprint density at radius 1 is 1.09 bits per heavy atom. The molecule has 2 aromatic rings. The second-order valence-corrected chi connectivity index (χ2v) is 9.09. The molecule has 0 radical (unpaired) electrons. The number of likely N-dealkylation sites (N-methyl/N-ethyl adjacent to an activating group) is 1. The van der Waals surface area contributed by atoms with Crippen molar-refractivity contribution in [2.45, 2.75) is 31.1 Å². The Hall–Kier alpha value is -2.57. The fraction of sp³-hybridized carbons (Fsp3) is 0.440. The van der Waals surface area contributed by atoms with Gasteiger partial charge < -0.3 is 19.9 Å². The molecule has 2 fully saturated rings. The zero-order valence-electron chi connectivity index (χ0n) is 18.5. The summed E-state index contributed by atoms with van der Waals surface area (Å²) in [5.41, 5.74) is 2.18. The van der Waals surface area contributed by atoms with Crippen molar-refractivity contribution in [3.63, 3.8) is 0 Å². The van der Waals surface area contributed by atoms with Crippen LogP contribution >= 0.6 is 11.6 Å². The fourth-order valence-electron chi connectivity index (χ4n) is 4.82. The van der Waals surface area contributed by atoms with Gasteiger partial charge in [0.2, 0.25) is 11.8 Å². The van der Waals surface area contributed by atoms with Crippen molar-refractivity contribution in [1.82, 2.24) is 4.90 Å². The number of morpholine rings is 1. The van der Waals surface area contributed by atoms with Crippen LogP contribution in [0.3, 0.4) is 0 Å². The van der Waals surface area contributed by atoms with Crippen LogP contribution in [-0.2, 0) is 19.7 Å². The molecule has 1 saturated carbocycles. The molecule has 1 N–H and O–H groups in total. The average molecular weight is 456 g/mol. The molecule has 2 aromatic carbocycles. The molecular formula is C25H30ClN3O3. The number of rotatable bonds is 6. The largest absolute Gasteiger partial charge is 0.378 e. The van der Waals surface area contributed by atoms with Crippen molar-refractivity contribution < 1.29 is 14.3 Å². The van der Waals surface area contributed by atoms with Gasteiger partial charge in [0, 0.05) is 36.5 Å². The average Bonchev–Trinajstić information content (AvgIpc) is 3.31. The first-order valence-electron chi connectivity index (χ1n) is 11.2. The lowest BCUT2D eigenvalue weighted by Crippen LogP contribution is -2.46. The predicted octanol–water partition coefficient (Wildman–Crippen LogP) is 4.09. The van der Waals surface area contributed by atoms with E-state index in [2.05, 4.69) is 10.2 Å². The fourth-order valence-corrected chi connectivity index (χ4v) is 5.01. The maximum atomic E-state index is 13.5. The first-order chi connectivity index (χ1) is 15.5. The molecule has 2 aliphatic rings. The topological polar surface area (TPSA) is 61.9 Å². The van der Waals surface area contributed by atoms with Gasteiger partial charge in [0.1, 0.15) is 0 Å². The van der Waals surface area contributed by atoms with Crippen LogP contribution < -0.4 is 10.2 Å². The minimum absolute atomic E-state index is 0.00631. The first kappa shape index (κ1) is 22.6. The van der Waals surface area contributed by atoms with E-state index < -0.39 is 5.41 Å². The number of carbonyl (C=O) groups excluding carboxylic acids is 2. The van der Waals surface area contributed by atoms with E-state index in [4.69, 9.17) is 16.3 Å². The number of hydrogen-bond donors (Lipinski definition) is 1. The summed E-state index contributed by atoms with van der Waals surface area (Å²) < 4.78 is 5.39. The predicted molar refractivity (Wildman–Crippen MR) is 127 cm³/mol. The highest BCUT2D eigenvalue weighted by atomic mass is 35.5.